The molecule has 2 rings (SSSR count). The number of nitrogens with one attached hydrogen (secondary N) is 1. The SMILES string of the molecule is CCNC(Cc1cnn(CC)c1)c1ccc(Br)o1. The van der Waals surface area contributed by atoms with Gasteiger partial charge in [0.1, 0.15) is 5.76 Å². The van der Waals surface area contributed by atoms with Crippen LogP contribution in [-0.2, 0) is 13.0 Å². The molecule has 0 saturated heterocycles. The van der Waals surface area contributed by atoms with Gasteiger partial charge in [-0.15, -0.1) is 0 Å². The second kappa shape index (κ2) is 6.20. The zero-order valence-electron chi connectivity index (χ0n) is 10.7. The van der Waals surface area contributed by atoms with Gasteiger partial charge < -0.3 is 9.73 Å². The Kier molecular flexibility index (Phi) is 4.60. The van der Waals surface area contributed by atoms with E-state index in [1.54, 1.807) is 0 Å². The molecule has 2 aromatic heterocycles. The lowest BCUT2D eigenvalue weighted by Gasteiger charge is -2.14. The molecule has 98 valence electrons. The normalized spacial score (nSPS) is 12.8. The fourth-order valence-electron chi connectivity index (χ4n) is 1.96. The predicted molar refractivity (Wildman–Crippen MR) is 74.4 cm³/mol. The quantitative estimate of drug-likeness (QED) is 0.891. The number of hydrogen-bond acceptors (Lipinski definition) is 3. The van der Waals surface area contributed by atoms with Gasteiger partial charge in [-0.3, -0.25) is 4.68 Å². The molecule has 2 aromatic rings. The molecule has 1 atom stereocenters. The molecule has 4 nitrogen and oxygen atoms in total. The van der Waals surface area contributed by atoms with Gasteiger partial charge in [-0.1, -0.05) is 6.92 Å². The number of aryl methyl sites for hydroxylation is 1. The summed E-state index contributed by atoms with van der Waals surface area (Å²) in [5, 5.41) is 7.73. The van der Waals surface area contributed by atoms with Crippen LogP contribution in [0.3, 0.4) is 0 Å². The molecule has 0 spiro atoms. The molecule has 0 aromatic carbocycles. The van der Waals surface area contributed by atoms with Crippen LogP contribution in [0, 0.1) is 0 Å². The summed E-state index contributed by atoms with van der Waals surface area (Å²) in [6, 6.07) is 4.12. The highest BCUT2D eigenvalue weighted by Gasteiger charge is 2.15. The van der Waals surface area contributed by atoms with Crippen LogP contribution in [0.25, 0.3) is 0 Å². The zero-order chi connectivity index (χ0) is 13.0. The molecule has 1 unspecified atom stereocenters. The number of hydrogen-bond donors (Lipinski definition) is 1. The molecule has 0 saturated carbocycles. The Hall–Kier alpha value is -1.07. The lowest BCUT2D eigenvalue weighted by molar-refractivity contribution is 0.405. The first kappa shape index (κ1) is 13.4. The van der Waals surface area contributed by atoms with E-state index >= 15 is 0 Å². The lowest BCUT2D eigenvalue weighted by Crippen LogP contribution is -2.22. The second-order valence-corrected chi connectivity index (χ2v) is 4.94. The number of nitrogens with zero attached hydrogens (tertiary/aromatic N) is 2. The summed E-state index contributed by atoms with van der Waals surface area (Å²) in [6.07, 6.45) is 4.89. The lowest BCUT2D eigenvalue weighted by atomic mass is 10.1. The first-order valence-corrected chi connectivity index (χ1v) is 7.02. The first-order chi connectivity index (χ1) is 8.72. The van der Waals surface area contributed by atoms with Crippen molar-refractivity contribution in [1.29, 1.82) is 0 Å². The van der Waals surface area contributed by atoms with Crippen molar-refractivity contribution in [2.75, 3.05) is 6.54 Å². The summed E-state index contributed by atoms with van der Waals surface area (Å²) in [4.78, 5) is 0. The molecule has 0 radical (unpaired) electrons. The summed E-state index contributed by atoms with van der Waals surface area (Å²) in [5.41, 5.74) is 1.22. The fourth-order valence-corrected chi connectivity index (χ4v) is 2.27. The van der Waals surface area contributed by atoms with Crippen molar-refractivity contribution in [2.24, 2.45) is 0 Å². The first-order valence-electron chi connectivity index (χ1n) is 6.22. The number of rotatable bonds is 6. The third-order valence-electron chi connectivity index (χ3n) is 2.84. The average Bonchev–Trinajstić information content (AvgIpc) is 2.97. The second-order valence-electron chi connectivity index (χ2n) is 4.16. The van der Waals surface area contributed by atoms with E-state index in [0.717, 1.165) is 29.9 Å². The van der Waals surface area contributed by atoms with Crippen molar-refractivity contribution in [3.05, 3.63) is 40.5 Å². The van der Waals surface area contributed by atoms with Gasteiger partial charge >= 0.3 is 0 Å². The molecule has 2 heterocycles. The number of furan rings is 1. The molecule has 5 heteroatoms. The summed E-state index contributed by atoms with van der Waals surface area (Å²) >= 11 is 3.34. The van der Waals surface area contributed by atoms with Crippen molar-refractivity contribution in [3.8, 4) is 0 Å². The minimum absolute atomic E-state index is 0.191. The van der Waals surface area contributed by atoms with Gasteiger partial charge in [-0.25, -0.2) is 0 Å². The fraction of sp³-hybridized carbons (Fsp3) is 0.462. The molecule has 1 N–H and O–H groups in total. The Bertz CT molecular complexity index is 492. The van der Waals surface area contributed by atoms with Crippen molar-refractivity contribution < 1.29 is 4.42 Å². The zero-order valence-corrected chi connectivity index (χ0v) is 12.3. The molecular weight excluding hydrogens is 294 g/mol. The van der Waals surface area contributed by atoms with Gasteiger partial charge in [-0.2, -0.15) is 5.10 Å². The smallest absolute Gasteiger partial charge is 0.169 e. The van der Waals surface area contributed by atoms with E-state index in [4.69, 9.17) is 4.42 Å². The molecule has 0 fully saturated rings. The monoisotopic (exact) mass is 311 g/mol. The third kappa shape index (κ3) is 3.23. The van der Waals surface area contributed by atoms with Crippen LogP contribution in [0.4, 0.5) is 0 Å². The van der Waals surface area contributed by atoms with Crippen LogP contribution < -0.4 is 5.32 Å². The minimum Gasteiger partial charge on any atom is -0.453 e. The highest BCUT2D eigenvalue weighted by molar-refractivity contribution is 9.10. The molecule has 0 amide bonds. The van der Waals surface area contributed by atoms with Gasteiger partial charge in [0, 0.05) is 12.7 Å². The van der Waals surface area contributed by atoms with Crippen molar-refractivity contribution >= 4 is 15.9 Å². The van der Waals surface area contributed by atoms with Crippen LogP contribution in [0.5, 0.6) is 0 Å². The summed E-state index contributed by atoms with van der Waals surface area (Å²) in [7, 11) is 0. The van der Waals surface area contributed by atoms with Crippen molar-refractivity contribution in [1.82, 2.24) is 15.1 Å². The molecule has 0 aliphatic carbocycles. The van der Waals surface area contributed by atoms with Crippen LogP contribution in [0.2, 0.25) is 0 Å². The Morgan fingerprint density at radius 2 is 2.28 bits per heavy atom. The molecule has 0 bridgehead atoms. The van der Waals surface area contributed by atoms with E-state index in [1.807, 2.05) is 23.0 Å². The van der Waals surface area contributed by atoms with E-state index in [0.29, 0.717) is 0 Å². The van der Waals surface area contributed by atoms with E-state index in [9.17, 15) is 0 Å². The maximum absolute atomic E-state index is 5.63. The largest absolute Gasteiger partial charge is 0.453 e. The molecule has 0 aliphatic heterocycles. The number of likely N-dealkylation sites (N-methyl/N-ethyl adjacent to an activating group) is 1. The van der Waals surface area contributed by atoms with E-state index < -0.39 is 0 Å². The Morgan fingerprint density at radius 1 is 1.44 bits per heavy atom. The summed E-state index contributed by atoms with van der Waals surface area (Å²) in [6.45, 7) is 5.99. The predicted octanol–water partition coefficient (Wildman–Crippen LogP) is 3.15. The van der Waals surface area contributed by atoms with Gasteiger partial charge in [-0.05, 0) is 53.5 Å². The van der Waals surface area contributed by atoms with Crippen molar-refractivity contribution in [2.45, 2.75) is 32.9 Å². The van der Waals surface area contributed by atoms with E-state index in [-0.39, 0.29) is 6.04 Å². The maximum atomic E-state index is 5.63. The highest BCUT2D eigenvalue weighted by Crippen LogP contribution is 2.23. The Balaban J connectivity index is 2.10. The minimum atomic E-state index is 0.191. The van der Waals surface area contributed by atoms with Gasteiger partial charge in [0.25, 0.3) is 0 Å². The van der Waals surface area contributed by atoms with E-state index in [2.05, 4.69) is 46.4 Å². The van der Waals surface area contributed by atoms with Crippen LogP contribution in [0.15, 0.2) is 33.6 Å². The summed E-state index contributed by atoms with van der Waals surface area (Å²) < 4.78 is 8.34. The number of halogens is 1. The molecular formula is C13H18BrN3O. The highest BCUT2D eigenvalue weighted by atomic mass is 79.9. The topological polar surface area (TPSA) is 43.0 Å². The average molecular weight is 312 g/mol. The Labute approximate surface area is 115 Å². The van der Waals surface area contributed by atoms with Gasteiger partial charge in [0.05, 0.1) is 12.2 Å². The van der Waals surface area contributed by atoms with Gasteiger partial charge in [0.15, 0.2) is 4.67 Å². The standard InChI is InChI=1S/C13H18BrN3O/c1-3-15-11(12-5-6-13(14)18-12)7-10-8-16-17(4-2)9-10/h5-6,8-9,11,15H,3-4,7H2,1-2H3. The van der Waals surface area contributed by atoms with Gasteiger partial charge in [0.2, 0.25) is 0 Å². The summed E-state index contributed by atoms with van der Waals surface area (Å²) in [5.74, 6) is 0.952. The van der Waals surface area contributed by atoms with Crippen molar-refractivity contribution in [3.63, 3.8) is 0 Å². The van der Waals surface area contributed by atoms with Crippen LogP contribution in [-0.4, -0.2) is 16.3 Å². The maximum Gasteiger partial charge on any atom is 0.169 e. The Morgan fingerprint density at radius 3 is 2.83 bits per heavy atom. The number of aromatic nitrogens is 2. The molecule has 18 heavy (non-hydrogen) atoms. The molecule has 0 aliphatic rings. The van der Waals surface area contributed by atoms with E-state index in [1.165, 1.54) is 5.56 Å². The van der Waals surface area contributed by atoms with Crippen LogP contribution in [0.1, 0.15) is 31.2 Å². The van der Waals surface area contributed by atoms with Crippen LogP contribution >= 0.6 is 15.9 Å². The third-order valence-corrected chi connectivity index (χ3v) is 3.26.